The van der Waals surface area contributed by atoms with Crippen LogP contribution in [0.15, 0.2) is 40.8 Å². The zero-order chi connectivity index (χ0) is 15.9. The number of rotatable bonds is 6. The molecule has 2 aromatic rings. The predicted molar refractivity (Wildman–Crippen MR) is 96.2 cm³/mol. The normalized spacial score (nSPS) is 10.5. The minimum absolute atomic E-state index is 0.661. The lowest BCUT2D eigenvalue weighted by atomic mass is 10.1. The molecule has 4 heteroatoms. The van der Waals surface area contributed by atoms with Crippen LogP contribution in [0.4, 0.5) is 5.69 Å². The lowest BCUT2D eigenvalue weighted by Gasteiger charge is -2.20. The Morgan fingerprint density at radius 3 is 2.50 bits per heavy atom. The van der Waals surface area contributed by atoms with Crippen molar-refractivity contribution in [3.8, 4) is 0 Å². The summed E-state index contributed by atoms with van der Waals surface area (Å²) in [6, 6.07) is 12.4. The third kappa shape index (κ3) is 4.88. The van der Waals surface area contributed by atoms with Crippen LogP contribution in [0, 0.1) is 6.92 Å². The van der Waals surface area contributed by atoms with E-state index in [4.69, 9.17) is 16.6 Å². The number of nitrogens with zero attached hydrogens (tertiary/aromatic N) is 1. The highest BCUT2D eigenvalue weighted by molar-refractivity contribution is 7.80. The first-order chi connectivity index (χ1) is 10.6. The smallest absolute Gasteiger partial charge is 0.173 e. The molecule has 0 atom stereocenters. The highest BCUT2D eigenvalue weighted by Crippen LogP contribution is 2.14. The fraction of sp³-hybridized carbons (Fsp3) is 0.389. The molecular formula is C18H24N2OS. The fourth-order valence-corrected chi connectivity index (χ4v) is 2.41. The summed E-state index contributed by atoms with van der Waals surface area (Å²) in [6.07, 6.45) is 3.59. The van der Waals surface area contributed by atoms with Gasteiger partial charge in [0.25, 0.3) is 0 Å². The molecule has 1 aromatic heterocycles. The Kier molecular flexibility index (Phi) is 6.01. The Morgan fingerprint density at radius 1 is 1.18 bits per heavy atom. The monoisotopic (exact) mass is 316 g/mol. The number of unbranched alkanes of at least 4 members (excludes halogenated alkanes) is 1. The number of hydrogen-bond acceptors (Lipinski definition) is 2. The summed E-state index contributed by atoms with van der Waals surface area (Å²) in [5, 5.41) is 3.96. The number of nitrogens with one attached hydrogen (secondary N) is 1. The van der Waals surface area contributed by atoms with E-state index < -0.39 is 0 Å². The van der Waals surface area contributed by atoms with Crippen LogP contribution < -0.4 is 5.32 Å². The van der Waals surface area contributed by atoms with E-state index in [-0.39, 0.29) is 0 Å². The van der Waals surface area contributed by atoms with Crippen LogP contribution in [0.25, 0.3) is 0 Å². The molecule has 118 valence electrons. The van der Waals surface area contributed by atoms with Gasteiger partial charge in [-0.15, -0.1) is 0 Å². The van der Waals surface area contributed by atoms with Gasteiger partial charge in [-0.3, -0.25) is 0 Å². The molecule has 1 N–H and O–H groups in total. The Balaban J connectivity index is 1.87. The molecule has 0 bridgehead atoms. The molecule has 0 aliphatic rings. The van der Waals surface area contributed by atoms with Gasteiger partial charge in [0, 0.05) is 12.7 Å². The highest BCUT2D eigenvalue weighted by Gasteiger charge is 2.08. The van der Waals surface area contributed by atoms with E-state index >= 15 is 0 Å². The second-order valence-corrected chi connectivity index (χ2v) is 5.99. The summed E-state index contributed by atoms with van der Waals surface area (Å²) in [5.41, 5.74) is 2.39. The Hall–Kier alpha value is -1.81. The molecule has 0 amide bonds. The summed E-state index contributed by atoms with van der Waals surface area (Å²) in [6.45, 7) is 4.82. The van der Waals surface area contributed by atoms with Gasteiger partial charge < -0.3 is 14.6 Å². The van der Waals surface area contributed by atoms with Crippen molar-refractivity contribution in [2.45, 2.75) is 39.7 Å². The van der Waals surface area contributed by atoms with E-state index in [1.807, 2.05) is 31.0 Å². The number of thiocarbonyl (C=S) groups is 1. The first-order valence-corrected chi connectivity index (χ1v) is 8.15. The summed E-state index contributed by atoms with van der Waals surface area (Å²) < 4.78 is 5.58. The molecule has 0 radical (unpaired) electrons. The zero-order valence-corrected chi connectivity index (χ0v) is 14.4. The minimum atomic E-state index is 0.661. The molecule has 1 heterocycles. The van der Waals surface area contributed by atoms with Crippen LogP contribution in [0.1, 0.15) is 36.8 Å². The van der Waals surface area contributed by atoms with Crippen molar-refractivity contribution >= 4 is 23.0 Å². The molecule has 0 aliphatic heterocycles. The molecule has 0 fully saturated rings. The van der Waals surface area contributed by atoms with Gasteiger partial charge in [0.1, 0.15) is 11.5 Å². The second kappa shape index (κ2) is 7.99. The molecule has 22 heavy (non-hydrogen) atoms. The predicted octanol–water partition coefficient (Wildman–Crippen LogP) is 4.76. The number of benzene rings is 1. The number of hydrogen-bond donors (Lipinski definition) is 1. The maximum Gasteiger partial charge on any atom is 0.173 e. The van der Waals surface area contributed by atoms with Gasteiger partial charge in [0.15, 0.2) is 5.11 Å². The molecule has 0 aliphatic carbocycles. The van der Waals surface area contributed by atoms with Crippen LogP contribution in [-0.4, -0.2) is 17.1 Å². The van der Waals surface area contributed by atoms with Gasteiger partial charge in [-0.05, 0) is 61.8 Å². The lowest BCUT2D eigenvalue weighted by molar-refractivity contribution is 0.403. The van der Waals surface area contributed by atoms with E-state index in [1.165, 1.54) is 18.4 Å². The molecule has 3 nitrogen and oxygen atoms in total. The molecule has 0 unspecified atom stereocenters. The molecular weight excluding hydrogens is 292 g/mol. The van der Waals surface area contributed by atoms with Crippen LogP contribution in [0.5, 0.6) is 0 Å². The number of aryl methyl sites for hydroxylation is 2. The molecule has 0 saturated heterocycles. The van der Waals surface area contributed by atoms with Gasteiger partial charge in [0.05, 0.1) is 6.54 Å². The molecule has 0 spiro atoms. The quantitative estimate of drug-likeness (QED) is 0.778. The van der Waals surface area contributed by atoms with Crippen LogP contribution in [0.2, 0.25) is 0 Å². The van der Waals surface area contributed by atoms with E-state index in [1.54, 1.807) is 0 Å². The van der Waals surface area contributed by atoms with E-state index in [0.29, 0.717) is 11.7 Å². The van der Waals surface area contributed by atoms with Gasteiger partial charge in [-0.2, -0.15) is 0 Å². The van der Waals surface area contributed by atoms with E-state index in [2.05, 4.69) is 36.5 Å². The highest BCUT2D eigenvalue weighted by atomic mass is 32.1. The van der Waals surface area contributed by atoms with Crippen molar-refractivity contribution in [1.29, 1.82) is 0 Å². The largest absolute Gasteiger partial charge is 0.464 e. The van der Waals surface area contributed by atoms with Gasteiger partial charge in [0.2, 0.25) is 0 Å². The summed E-state index contributed by atoms with van der Waals surface area (Å²) in [4.78, 5) is 1.97. The van der Waals surface area contributed by atoms with Crippen molar-refractivity contribution < 1.29 is 4.42 Å². The summed E-state index contributed by atoms with van der Waals surface area (Å²) >= 11 is 5.44. The average molecular weight is 316 g/mol. The van der Waals surface area contributed by atoms with Crippen molar-refractivity contribution in [3.63, 3.8) is 0 Å². The topological polar surface area (TPSA) is 28.4 Å². The zero-order valence-electron chi connectivity index (χ0n) is 13.6. The number of anilines is 1. The van der Waals surface area contributed by atoms with Gasteiger partial charge in [-0.25, -0.2) is 0 Å². The van der Waals surface area contributed by atoms with Crippen molar-refractivity contribution in [3.05, 3.63) is 53.5 Å². The van der Waals surface area contributed by atoms with Crippen molar-refractivity contribution in [1.82, 2.24) is 4.90 Å². The molecule has 0 saturated carbocycles. The van der Waals surface area contributed by atoms with Crippen LogP contribution in [-0.2, 0) is 13.0 Å². The Bertz CT molecular complexity index is 604. The maximum atomic E-state index is 5.58. The van der Waals surface area contributed by atoms with E-state index in [0.717, 1.165) is 23.6 Å². The van der Waals surface area contributed by atoms with E-state index in [9.17, 15) is 0 Å². The standard InChI is InChI=1S/C18H24N2OS/c1-4-5-6-15-8-10-16(11-9-15)19-18(22)20(3)13-17-12-7-14(2)21-17/h7-12H,4-6,13H2,1-3H3,(H,19,22). The second-order valence-electron chi connectivity index (χ2n) is 5.60. The Morgan fingerprint density at radius 2 is 1.91 bits per heavy atom. The summed E-state index contributed by atoms with van der Waals surface area (Å²) in [7, 11) is 1.96. The lowest BCUT2D eigenvalue weighted by Crippen LogP contribution is -2.30. The average Bonchev–Trinajstić information content (AvgIpc) is 2.91. The molecule has 2 rings (SSSR count). The maximum absolute atomic E-state index is 5.58. The molecule has 1 aromatic carbocycles. The van der Waals surface area contributed by atoms with Crippen LogP contribution in [0.3, 0.4) is 0 Å². The van der Waals surface area contributed by atoms with Crippen LogP contribution >= 0.6 is 12.2 Å². The Labute approximate surface area is 138 Å². The minimum Gasteiger partial charge on any atom is -0.464 e. The van der Waals surface area contributed by atoms with Crippen molar-refractivity contribution in [2.24, 2.45) is 0 Å². The van der Waals surface area contributed by atoms with Gasteiger partial charge >= 0.3 is 0 Å². The first kappa shape index (κ1) is 16.6. The summed E-state index contributed by atoms with van der Waals surface area (Å²) in [5.74, 6) is 1.84. The third-order valence-corrected chi connectivity index (χ3v) is 3.97. The number of furan rings is 1. The third-order valence-electron chi connectivity index (χ3n) is 3.56. The fourth-order valence-electron chi connectivity index (χ4n) is 2.23. The first-order valence-electron chi connectivity index (χ1n) is 7.75. The van der Waals surface area contributed by atoms with Crippen molar-refractivity contribution in [2.75, 3.05) is 12.4 Å². The van der Waals surface area contributed by atoms with Gasteiger partial charge in [-0.1, -0.05) is 25.5 Å². The SMILES string of the molecule is CCCCc1ccc(NC(=S)N(C)Cc2ccc(C)o2)cc1.